The summed E-state index contributed by atoms with van der Waals surface area (Å²) in [5.41, 5.74) is 29.3. The van der Waals surface area contributed by atoms with E-state index in [0.717, 1.165) is 4.90 Å². The molecule has 3 rings (SSSR count). The van der Waals surface area contributed by atoms with Gasteiger partial charge in [0.25, 0.3) is 0 Å². The van der Waals surface area contributed by atoms with Crippen molar-refractivity contribution in [3.05, 3.63) is 36.4 Å². The molecule has 838 valence electrons. The number of amides is 18. The number of carbonyl (C=O) groups excluding carboxylic acids is 18. The van der Waals surface area contributed by atoms with Gasteiger partial charge in [-0.2, -0.15) is 23.5 Å². The van der Waals surface area contributed by atoms with E-state index in [2.05, 4.69) is 116 Å². The fourth-order valence-electron chi connectivity index (χ4n) is 15.5. The lowest BCUT2D eigenvalue weighted by Gasteiger charge is -2.30. The largest absolute Gasteiger partial charge is 0.481 e. The fourth-order valence-corrected chi connectivity index (χ4v) is 16.5. The van der Waals surface area contributed by atoms with E-state index in [4.69, 9.17) is 34.1 Å². The van der Waals surface area contributed by atoms with Gasteiger partial charge >= 0.3 is 17.9 Å². The first-order valence-electron chi connectivity index (χ1n) is 50.1. The minimum absolute atomic E-state index is 0.00233. The van der Waals surface area contributed by atoms with Gasteiger partial charge in [-0.15, -0.1) is 0 Å². The third-order valence-electron chi connectivity index (χ3n) is 24.2. The lowest BCUT2D eigenvalue weighted by atomic mass is 9.97. The Hall–Kier alpha value is -12.9. The van der Waals surface area contributed by atoms with Crippen molar-refractivity contribution in [1.82, 2.24) is 121 Å². The molecule has 2 aromatic rings. The molecular formula is C93H159N29O25S2. The molecule has 56 heteroatoms. The van der Waals surface area contributed by atoms with E-state index in [0.29, 0.717) is 37.1 Å². The number of aromatic nitrogens is 4. The highest BCUT2D eigenvalue weighted by Crippen LogP contribution is 2.22. The van der Waals surface area contributed by atoms with Crippen LogP contribution in [0.15, 0.2) is 25.0 Å². The quantitative estimate of drug-likeness (QED) is 0.0166. The number of nitrogens with one attached hydrogen (secondary N) is 21. The van der Waals surface area contributed by atoms with Crippen LogP contribution in [0.4, 0.5) is 0 Å². The van der Waals surface area contributed by atoms with Gasteiger partial charge in [0.15, 0.2) is 5.96 Å². The Morgan fingerprint density at radius 3 is 1.15 bits per heavy atom. The van der Waals surface area contributed by atoms with Crippen LogP contribution in [-0.2, 0) is 114 Å². The van der Waals surface area contributed by atoms with Gasteiger partial charge in [-0.25, -0.2) is 14.8 Å². The molecule has 18 amide bonds. The summed E-state index contributed by atoms with van der Waals surface area (Å²) in [6.45, 7) is 12.5. The van der Waals surface area contributed by atoms with Crippen LogP contribution in [0.3, 0.4) is 0 Å². The second kappa shape index (κ2) is 70.1. The van der Waals surface area contributed by atoms with Crippen LogP contribution in [0, 0.1) is 29.1 Å². The maximum atomic E-state index is 14.9. The van der Waals surface area contributed by atoms with Gasteiger partial charge in [0.05, 0.1) is 38.4 Å². The Kier molecular flexibility index (Phi) is 61.3. The zero-order chi connectivity index (χ0) is 112. The van der Waals surface area contributed by atoms with E-state index < -0.39 is 296 Å². The third kappa shape index (κ3) is 48.9. The maximum Gasteiger partial charge on any atom is 0.326 e. The van der Waals surface area contributed by atoms with Crippen LogP contribution in [0.5, 0.6) is 0 Å². The Balaban J connectivity index is 1.93. The number of hydrogen-bond acceptors (Lipinski definition) is 31. The number of guanidine groups is 1. The number of nitrogens with zero attached hydrogens (tertiary/aromatic N) is 3. The van der Waals surface area contributed by atoms with Crippen LogP contribution >= 0.6 is 23.5 Å². The molecule has 1 fully saturated rings. The van der Waals surface area contributed by atoms with Gasteiger partial charge in [-0.3, -0.25) is 101 Å². The zero-order valence-corrected chi connectivity index (χ0v) is 88.3. The number of aliphatic carboxylic acids is 3. The molecule has 0 aliphatic carbocycles. The van der Waals surface area contributed by atoms with E-state index in [1.807, 2.05) is 0 Å². The third-order valence-corrected chi connectivity index (χ3v) is 25.5. The number of nitrogens with two attached hydrogens (primary N) is 5. The Bertz CT molecular complexity index is 4680. The normalized spacial score (nSPS) is 15.7. The predicted molar refractivity (Wildman–Crippen MR) is 549 cm³/mol. The number of imidazole rings is 2. The molecule has 0 aromatic carbocycles. The average Bonchev–Trinajstić information content (AvgIpc) is 1.71. The molecule has 54 nitrogen and oxygen atoms in total. The monoisotopic (exact) mass is 2150 g/mol. The minimum atomic E-state index is -1.71. The number of thioether (sulfide) groups is 2. The van der Waals surface area contributed by atoms with Gasteiger partial charge in [-0.05, 0) is 190 Å². The number of hydrogen-bond donors (Lipinski definition) is 30. The molecule has 0 spiro atoms. The second-order valence-corrected chi connectivity index (χ2v) is 39.5. The summed E-state index contributed by atoms with van der Waals surface area (Å²) in [7, 11) is 0. The Morgan fingerprint density at radius 1 is 0.423 bits per heavy atom. The van der Waals surface area contributed by atoms with Crippen LogP contribution in [0.1, 0.15) is 209 Å². The van der Waals surface area contributed by atoms with Crippen molar-refractivity contribution >= 4 is 154 Å². The van der Waals surface area contributed by atoms with Crippen molar-refractivity contribution in [3.63, 3.8) is 0 Å². The lowest BCUT2D eigenvalue weighted by molar-refractivity contribution is -0.149. The van der Waals surface area contributed by atoms with Crippen molar-refractivity contribution < 1.29 is 121 Å². The first kappa shape index (κ1) is 130. The number of aliphatic hydroxyl groups is 1. The van der Waals surface area contributed by atoms with Crippen molar-refractivity contribution in [2.75, 3.05) is 76.4 Å². The predicted octanol–water partition coefficient (Wildman–Crippen LogP) is -6.87. The molecule has 1 saturated heterocycles. The molecule has 18 atom stereocenters. The number of aliphatic hydroxyl groups excluding tert-OH is 1. The van der Waals surface area contributed by atoms with Crippen LogP contribution in [0.2, 0.25) is 0 Å². The van der Waals surface area contributed by atoms with Gasteiger partial charge in [0, 0.05) is 62.6 Å². The molecule has 0 unspecified atom stereocenters. The van der Waals surface area contributed by atoms with Crippen molar-refractivity contribution in [2.24, 2.45) is 52.3 Å². The molecule has 1 aliphatic rings. The molecule has 2 aromatic heterocycles. The lowest BCUT2D eigenvalue weighted by Crippen LogP contribution is -2.62. The van der Waals surface area contributed by atoms with Gasteiger partial charge in [0.2, 0.25) is 106 Å². The minimum Gasteiger partial charge on any atom is -0.481 e. The number of H-pyrrole nitrogens is 2. The molecule has 3 heterocycles. The number of aromatic amines is 2. The topological polar surface area (TPSA) is 870 Å². The molecule has 35 N–H and O–H groups in total. The van der Waals surface area contributed by atoms with Gasteiger partial charge < -0.3 is 160 Å². The number of likely N-dealkylation sites (tertiary alicyclic amines) is 1. The number of carbonyl (C=O) groups is 21. The first-order chi connectivity index (χ1) is 70.6. The number of carboxylic acids is 3. The number of unbranched alkanes of at least 4 members (excludes halogenated alkanes) is 3. The summed E-state index contributed by atoms with van der Waals surface area (Å²) in [6, 6.07) is -24.8. The SMILES string of the molecule is CC[C@H](C)[C@H](NC(=O)CNC(=O)[C@H](CCCCN)NC(=O)[C@H](CCCCN)NC(=O)[C@H](CCCNC(=N)N)NC(=O)[C@H](CCSC)NC(=O)[C@@H](NC(=O)[C@H](CC(C)C)NC(=O)[C@@H](NC(=O)[C@H](CCSC)NC(=O)[C@H](CCC(=O)O)NC(=O)[C@H](CCCCN)NC(=O)[C@H](CO)NC(=O)CNC(=O)[C@H](C)N)C(C)C)C(C)C)C(=O)N[C@@H](CCC(=O)O)C(=O)N[C@@H](Cc1cnc[nH]1)C(=O)N[C@@H](Cc1cnc[nH]1)C(=O)N1CCC[C@H]1C(=O)O. The van der Waals surface area contributed by atoms with E-state index in [-0.39, 0.29) is 146 Å². The van der Waals surface area contributed by atoms with E-state index in [1.54, 1.807) is 67.9 Å². The first-order valence-corrected chi connectivity index (χ1v) is 52.9. The summed E-state index contributed by atoms with van der Waals surface area (Å²) < 4.78 is 0. The molecule has 149 heavy (non-hydrogen) atoms. The smallest absolute Gasteiger partial charge is 0.326 e. The maximum absolute atomic E-state index is 14.9. The molecule has 0 bridgehead atoms. The van der Waals surface area contributed by atoms with E-state index in [1.165, 1.54) is 55.5 Å². The summed E-state index contributed by atoms with van der Waals surface area (Å²) in [4.78, 5) is 307. The van der Waals surface area contributed by atoms with Gasteiger partial charge in [0.1, 0.15) is 96.7 Å². The van der Waals surface area contributed by atoms with E-state index >= 15 is 0 Å². The highest BCUT2D eigenvalue weighted by atomic mass is 32.2. The fraction of sp³-hybridized carbons (Fsp3) is 0.699. The molecule has 1 aliphatic heterocycles. The summed E-state index contributed by atoms with van der Waals surface area (Å²) in [5, 5.41) is 93.7. The number of rotatable bonds is 75. The Morgan fingerprint density at radius 2 is 0.772 bits per heavy atom. The Labute approximate surface area is 874 Å². The van der Waals surface area contributed by atoms with Crippen LogP contribution < -0.4 is 124 Å². The summed E-state index contributed by atoms with van der Waals surface area (Å²) in [5.74, 6) is -23.2. The number of carboxylic acid groups (broad SMARTS) is 3. The van der Waals surface area contributed by atoms with Crippen molar-refractivity contribution in [1.29, 1.82) is 5.41 Å². The molecule has 0 saturated carbocycles. The standard InChI is InChI=1S/C93H159N29O25S2/c1-12-52(8)75(90(144)114-61(27-29-72(128)129)82(136)116-65(40-54-42-100-47-105-54)85(139)118-66(41-55-43-101-48-106-55)91(145)122-36-20-25-68(122)92(146)147)119-70(125)45-104-77(131)56(21-13-16-32-94)108-78(132)57(22-14-17-33-95)109-80(134)59(24-19-35-102-93(98)99)110-83(137)62(30-37-148-10)115-88(142)73(50(4)5)121-86(140)64(39-49(2)3)117-89(143)74(51(6)7)120-84(138)63(31-38-149-11)113-81(135)60(26-28-71(126)127)112-79(133)58(23-15-18-34-96)111-87(141)67(46-123)107-69(124)44-103-76(130)53(9)97/h42-43,47-53,56-68,73-75,123H,12-41,44-46,94-97H2,1-11H3,(H,100,105)(H,101,106)(H,103,130)(H,104,131)(H,107,124)(H,108,132)(H,109,134)(H,110,137)(H,111,141)(H,112,133)(H,113,135)(H,114,144)(H,115,142)(H,116,136)(H,117,143)(H,118,139)(H,119,125)(H,120,138)(H,121,140)(H,126,127)(H,128,129)(H,146,147)(H4,98,99,102)/t52-,53-,56-,57-,58-,59-,60-,61-,62-,63-,64-,65-,66-,67-,68-,73-,74-,75-/m0/s1. The van der Waals surface area contributed by atoms with Crippen molar-refractivity contribution in [2.45, 2.75) is 313 Å². The van der Waals surface area contributed by atoms with Crippen molar-refractivity contribution in [3.8, 4) is 0 Å². The summed E-state index contributed by atoms with van der Waals surface area (Å²) in [6.07, 6.45) is 7.59. The molecule has 0 radical (unpaired) electrons. The highest BCUT2D eigenvalue weighted by molar-refractivity contribution is 7.98. The highest BCUT2D eigenvalue weighted by Gasteiger charge is 2.43. The average molecular weight is 2150 g/mol. The van der Waals surface area contributed by atoms with Gasteiger partial charge in [-0.1, -0.05) is 61.8 Å². The zero-order valence-electron chi connectivity index (χ0n) is 86.7. The second-order valence-electron chi connectivity index (χ2n) is 37.6. The van der Waals surface area contributed by atoms with E-state index in [9.17, 15) is 121 Å². The summed E-state index contributed by atoms with van der Waals surface area (Å²) >= 11 is 2.56. The molecular weight excluding hydrogens is 1990 g/mol. The van der Waals surface area contributed by atoms with Crippen LogP contribution in [0.25, 0.3) is 0 Å². The van der Waals surface area contributed by atoms with Crippen LogP contribution in [-0.4, -0.2) is 355 Å².